The van der Waals surface area contributed by atoms with Crippen LogP contribution in [0.4, 0.5) is 0 Å². The van der Waals surface area contributed by atoms with E-state index in [2.05, 4.69) is 4.74 Å². The van der Waals surface area contributed by atoms with Gasteiger partial charge in [0.1, 0.15) is 0 Å². The van der Waals surface area contributed by atoms with Crippen LogP contribution < -0.4 is 0 Å². The quantitative estimate of drug-likeness (QED) is 0.453. The number of carbonyl (C=O) groups is 2. The molecule has 0 aromatic rings. The molecule has 0 aliphatic carbocycles. The molecule has 0 aromatic carbocycles. The molecule has 0 aliphatic heterocycles. The maximum Gasteiger partial charge on any atom is 0.333 e. The van der Waals surface area contributed by atoms with E-state index in [1.807, 2.05) is 0 Å². The lowest BCUT2D eigenvalue weighted by molar-refractivity contribution is -0.138. The first-order chi connectivity index (χ1) is 5.07. The van der Waals surface area contributed by atoms with Gasteiger partial charge < -0.3 is 4.74 Å². The number of allylic oxidation sites excluding steroid dienone is 1. The van der Waals surface area contributed by atoms with Crippen LogP contribution in [-0.4, -0.2) is 18.4 Å². The third-order valence-corrected chi connectivity index (χ3v) is 1.02. The van der Waals surface area contributed by atoms with Crippen LogP contribution >= 0.6 is 0 Å². The fraction of sp³-hybridized carbons (Fsp3) is 0.500. The molecule has 0 spiro atoms. The molecule has 0 saturated carbocycles. The van der Waals surface area contributed by atoms with Crippen molar-refractivity contribution in [3.8, 4) is 0 Å². The van der Waals surface area contributed by atoms with Gasteiger partial charge in [0.15, 0.2) is 5.78 Å². The molecule has 0 bridgehead atoms. The van der Waals surface area contributed by atoms with Crippen LogP contribution in [0.25, 0.3) is 0 Å². The number of carbonyl (C=O) groups excluding carboxylic acids is 2. The molecule has 0 rings (SSSR count). The topological polar surface area (TPSA) is 43.4 Å². The Kier molecular flexibility index (Phi) is 4.18. The van der Waals surface area contributed by atoms with Crippen LogP contribution in [0.15, 0.2) is 11.6 Å². The number of esters is 1. The summed E-state index contributed by atoms with van der Waals surface area (Å²) in [5.41, 5.74) is 0.347. The highest BCUT2D eigenvalue weighted by Crippen LogP contribution is 1.96. The van der Waals surface area contributed by atoms with Crippen LogP contribution in [0.5, 0.6) is 0 Å². The van der Waals surface area contributed by atoms with Crippen molar-refractivity contribution < 1.29 is 14.3 Å². The van der Waals surface area contributed by atoms with Crippen molar-refractivity contribution in [1.29, 1.82) is 0 Å². The number of rotatable bonds is 3. The summed E-state index contributed by atoms with van der Waals surface area (Å²) in [7, 11) is 0. The van der Waals surface area contributed by atoms with Crippen LogP contribution in [0.2, 0.25) is 0 Å². The maximum atomic E-state index is 10.8. The van der Waals surface area contributed by atoms with Gasteiger partial charge in [-0.15, -0.1) is 0 Å². The van der Waals surface area contributed by atoms with Gasteiger partial charge in [-0.3, -0.25) is 4.79 Å². The molecule has 0 aromatic heterocycles. The van der Waals surface area contributed by atoms with Gasteiger partial charge in [-0.1, -0.05) is 0 Å². The van der Waals surface area contributed by atoms with Crippen LogP contribution in [-0.2, 0) is 14.3 Å². The van der Waals surface area contributed by atoms with Gasteiger partial charge in [0.25, 0.3) is 0 Å². The van der Waals surface area contributed by atoms with E-state index >= 15 is 0 Å². The number of ether oxygens (including phenoxy) is 1. The second kappa shape index (κ2) is 4.66. The van der Waals surface area contributed by atoms with Crippen molar-refractivity contribution in [3.63, 3.8) is 0 Å². The molecule has 0 heterocycles. The largest absolute Gasteiger partial charge is 0.463 e. The Morgan fingerprint density at radius 1 is 1.36 bits per heavy atom. The highest BCUT2D eigenvalue weighted by Gasteiger charge is 2.03. The molecule has 0 radical (unpaired) electrons. The Labute approximate surface area is 66.0 Å². The first-order valence-corrected chi connectivity index (χ1v) is 3.44. The van der Waals surface area contributed by atoms with Crippen LogP contribution in [0, 0.1) is 0 Å². The zero-order valence-corrected chi connectivity index (χ0v) is 7.01. The van der Waals surface area contributed by atoms with Crippen molar-refractivity contribution in [2.45, 2.75) is 20.8 Å². The standard InChI is InChI=1S/C8H12O3/c1-4-11-8(10)6(2)5-7(3)9/h5H,4H2,1-3H3/b6-5-. The van der Waals surface area contributed by atoms with Gasteiger partial charge in [-0.05, 0) is 26.8 Å². The van der Waals surface area contributed by atoms with Gasteiger partial charge in [0, 0.05) is 5.57 Å². The first kappa shape index (κ1) is 9.88. The fourth-order valence-corrected chi connectivity index (χ4v) is 0.609. The highest BCUT2D eigenvalue weighted by atomic mass is 16.5. The molecule has 11 heavy (non-hydrogen) atoms. The van der Waals surface area contributed by atoms with E-state index in [9.17, 15) is 9.59 Å². The van der Waals surface area contributed by atoms with Crippen LogP contribution in [0.3, 0.4) is 0 Å². The lowest BCUT2D eigenvalue weighted by Crippen LogP contribution is -2.06. The summed E-state index contributed by atoms with van der Waals surface area (Å²) in [4.78, 5) is 21.3. The molecule has 0 fully saturated rings. The Hall–Kier alpha value is -1.12. The van der Waals surface area contributed by atoms with Gasteiger partial charge in [-0.25, -0.2) is 4.79 Å². The molecule has 3 heteroatoms. The van der Waals surface area contributed by atoms with Crippen LogP contribution in [0.1, 0.15) is 20.8 Å². The summed E-state index contributed by atoms with van der Waals surface area (Å²) in [6.45, 7) is 5.00. The summed E-state index contributed by atoms with van der Waals surface area (Å²) in [6, 6.07) is 0. The van der Waals surface area contributed by atoms with Crippen molar-refractivity contribution in [1.82, 2.24) is 0 Å². The normalized spacial score (nSPS) is 11.0. The lowest BCUT2D eigenvalue weighted by atomic mass is 10.2. The Balaban J connectivity index is 4.12. The minimum Gasteiger partial charge on any atom is -0.463 e. The minimum absolute atomic E-state index is 0.143. The monoisotopic (exact) mass is 156 g/mol. The van der Waals surface area contributed by atoms with E-state index in [-0.39, 0.29) is 5.78 Å². The average Bonchev–Trinajstić information content (AvgIpc) is 1.86. The molecular formula is C8H12O3. The molecule has 0 saturated heterocycles. The predicted octanol–water partition coefficient (Wildman–Crippen LogP) is 1.08. The molecule has 62 valence electrons. The Bertz CT molecular complexity index is 192. The minimum atomic E-state index is -0.428. The summed E-state index contributed by atoms with van der Waals surface area (Å²) in [5.74, 6) is -0.571. The van der Waals surface area contributed by atoms with E-state index in [4.69, 9.17) is 0 Å². The molecule has 0 atom stereocenters. The third-order valence-electron chi connectivity index (χ3n) is 1.02. The zero-order valence-electron chi connectivity index (χ0n) is 7.01. The van der Waals surface area contributed by atoms with E-state index < -0.39 is 5.97 Å². The van der Waals surface area contributed by atoms with Crippen molar-refractivity contribution in [2.75, 3.05) is 6.61 Å². The Morgan fingerprint density at radius 2 is 1.91 bits per heavy atom. The molecular weight excluding hydrogens is 144 g/mol. The number of ketones is 1. The molecule has 0 N–H and O–H groups in total. The second-order valence-electron chi connectivity index (χ2n) is 2.16. The summed E-state index contributed by atoms with van der Waals surface area (Å²) in [5, 5.41) is 0. The SMILES string of the molecule is CCOC(=O)/C(C)=C\C(C)=O. The summed E-state index contributed by atoms with van der Waals surface area (Å²) in [6.07, 6.45) is 1.26. The number of hydrogen-bond donors (Lipinski definition) is 0. The van der Waals surface area contributed by atoms with Gasteiger partial charge in [-0.2, -0.15) is 0 Å². The van der Waals surface area contributed by atoms with Gasteiger partial charge >= 0.3 is 5.97 Å². The van der Waals surface area contributed by atoms with E-state index in [0.717, 1.165) is 0 Å². The maximum absolute atomic E-state index is 10.8. The average molecular weight is 156 g/mol. The lowest BCUT2D eigenvalue weighted by Gasteiger charge is -1.99. The van der Waals surface area contributed by atoms with Gasteiger partial charge in [0.05, 0.1) is 6.61 Å². The van der Waals surface area contributed by atoms with E-state index in [1.54, 1.807) is 13.8 Å². The summed E-state index contributed by atoms with van der Waals surface area (Å²) < 4.78 is 4.65. The fourth-order valence-electron chi connectivity index (χ4n) is 0.609. The smallest absolute Gasteiger partial charge is 0.333 e. The second-order valence-corrected chi connectivity index (χ2v) is 2.16. The van der Waals surface area contributed by atoms with E-state index in [0.29, 0.717) is 12.2 Å². The summed E-state index contributed by atoms with van der Waals surface area (Å²) >= 11 is 0. The highest BCUT2D eigenvalue weighted by molar-refractivity contribution is 5.97. The van der Waals surface area contributed by atoms with Crippen molar-refractivity contribution in [3.05, 3.63) is 11.6 Å². The van der Waals surface area contributed by atoms with Crippen molar-refractivity contribution >= 4 is 11.8 Å². The first-order valence-electron chi connectivity index (χ1n) is 3.44. The Morgan fingerprint density at radius 3 is 2.27 bits per heavy atom. The van der Waals surface area contributed by atoms with Crippen molar-refractivity contribution in [2.24, 2.45) is 0 Å². The number of hydrogen-bond acceptors (Lipinski definition) is 3. The van der Waals surface area contributed by atoms with Gasteiger partial charge in [0.2, 0.25) is 0 Å². The molecule has 3 nitrogen and oxygen atoms in total. The van der Waals surface area contributed by atoms with E-state index in [1.165, 1.54) is 13.0 Å². The third kappa shape index (κ3) is 4.31. The predicted molar refractivity (Wildman–Crippen MR) is 41.1 cm³/mol. The molecule has 0 unspecified atom stereocenters. The zero-order chi connectivity index (χ0) is 8.85. The molecule has 0 amide bonds. The molecule has 0 aliphatic rings.